The molecule has 2 N–H and O–H groups in total. The maximum absolute atomic E-state index is 8.91. The molecule has 0 spiro atoms. The van der Waals surface area contributed by atoms with E-state index in [2.05, 4.69) is 5.32 Å². The van der Waals surface area contributed by atoms with E-state index in [1.54, 1.807) is 0 Å². The summed E-state index contributed by atoms with van der Waals surface area (Å²) in [6, 6.07) is 0. The number of hydrogen-bond acceptors (Lipinski definition) is 2. The fourth-order valence-corrected chi connectivity index (χ4v) is 1.39. The molecule has 1 aliphatic carbocycles. The van der Waals surface area contributed by atoms with Gasteiger partial charge in [-0.3, -0.25) is 0 Å². The molecular weight excluding hydrogens is 126 g/mol. The second-order valence-corrected chi connectivity index (χ2v) is 2.48. The van der Waals surface area contributed by atoms with Gasteiger partial charge in [0.1, 0.15) is 0 Å². The van der Waals surface area contributed by atoms with E-state index in [-0.39, 0.29) is 18.5 Å². The maximum Gasteiger partial charge on any atom is 0.0629 e. The number of aliphatic hydroxyl groups excluding tert-OH is 1. The van der Waals surface area contributed by atoms with Crippen molar-refractivity contribution in [3.8, 4) is 0 Å². The van der Waals surface area contributed by atoms with Crippen molar-refractivity contribution in [1.82, 2.24) is 5.32 Å². The lowest BCUT2D eigenvalue weighted by molar-refractivity contribution is 0.237. The van der Waals surface area contributed by atoms with Crippen molar-refractivity contribution in [3.63, 3.8) is 0 Å². The molecule has 2 rings (SSSR count). The zero-order valence-corrected chi connectivity index (χ0v) is 5.32. The Kier molecular flexibility index (Phi) is 1.48. The molecule has 1 heterocycles. The molecule has 8 heavy (non-hydrogen) atoms. The predicted octanol–water partition coefficient (Wildman–Crippen LogP) is -0.382. The van der Waals surface area contributed by atoms with Crippen LogP contribution in [-0.2, 0) is 0 Å². The average molecular weight is 136 g/mol. The molecule has 2 atom stereocenters. The Morgan fingerprint density at radius 3 is 2.00 bits per heavy atom. The summed E-state index contributed by atoms with van der Waals surface area (Å²) in [5, 5.41) is 12.1. The van der Waals surface area contributed by atoms with Crippen molar-refractivity contribution < 1.29 is 5.11 Å². The molecule has 2 nitrogen and oxygen atoms in total. The molecule has 0 bridgehead atoms. The fourth-order valence-electron chi connectivity index (χ4n) is 1.39. The zero-order valence-electron chi connectivity index (χ0n) is 4.50. The molecular formula is C5H10ClNO. The third kappa shape index (κ3) is 0.642. The van der Waals surface area contributed by atoms with Crippen molar-refractivity contribution in [2.45, 2.75) is 6.10 Å². The molecule has 0 aromatic heterocycles. The van der Waals surface area contributed by atoms with E-state index in [4.69, 9.17) is 5.11 Å². The van der Waals surface area contributed by atoms with E-state index < -0.39 is 0 Å². The Labute approximate surface area is 54.7 Å². The van der Waals surface area contributed by atoms with E-state index in [9.17, 15) is 0 Å². The van der Waals surface area contributed by atoms with Crippen LogP contribution in [0.5, 0.6) is 0 Å². The number of halogens is 1. The van der Waals surface area contributed by atoms with Crippen molar-refractivity contribution in [3.05, 3.63) is 0 Å². The number of aliphatic hydroxyl groups is 1. The van der Waals surface area contributed by atoms with Crippen LogP contribution in [0.25, 0.3) is 0 Å². The highest BCUT2D eigenvalue weighted by atomic mass is 35.5. The number of piperidine rings is 1. The highest BCUT2D eigenvalue weighted by molar-refractivity contribution is 5.85. The average Bonchev–Trinajstić information content (AvgIpc) is 2.26. The Bertz CT molecular complexity index is 88.4. The normalized spacial score (nSPS) is 49.9. The summed E-state index contributed by atoms with van der Waals surface area (Å²) in [6.45, 7) is 2.09. The van der Waals surface area contributed by atoms with E-state index >= 15 is 0 Å². The Balaban J connectivity index is 0.000000320. The van der Waals surface area contributed by atoms with Crippen molar-refractivity contribution in [2.75, 3.05) is 13.1 Å². The van der Waals surface area contributed by atoms with Crippen molar-refractivity contribution >= 4 is 12.4 Å². The van der Waals surface area contributed by atoms with Gasteiger partial charge in [0.25, 0.3) is 0 Å². The van der Waals surface area contributed by atoms with Gasteiger partial charge in [0.2, 0.25) is 0 Å². The van der Waals surface area contributed by atoms with Crippen LogP contribution in [0.3, 0.4) is 0 Å². The summed E-state index contributed by atoms with van der Waals surface area (Å²) in [5.41, 5.74) is 0. The molecule has 0 radical (unpaired) electrons. The first-order chi connectivity index (χ1) is 3.39. The van der Waals surface area contributed by atoms with E-state index in [1.165, 1.54) is 0 Å². The molecule has 1 aliphatic heterocycles. The summed E-state index contributed by atoms with van der Waals surface area (Å²) in [6.07, 6.45) is 0.0567. The van der Waals surface area contributed by atoms with E-state index in [0.717, 1.165) is 13.1 Å². The number of nitrogens with one attached hydrogen (secondary N) is 1. The summed E-state index contributed by atoms with van der Waals surface area (Å²) in [4.78, 5) is 0. The van der Waals surface area contributed by atoms with Gasteiger partial charge < -0.3 is 10.4 Å². The van der Waals surface area contributed by atoms with Crippen LogP contribution in [0.15, 0.2) is 0 Å². The second kappa shape index (κ2) is 1.87. The van der Waals surface area contributed by atoms with E-state index in [1.807, 2.05) is 0 Å². The zero-order chi connectivity index (χ0) is 4.85. The lowest BCUT2D eigenvalue weighted by atomic mass is 10.4. The van der Waals surface area contributed by atoms with Gasteiger partial charge in [0, 0.05) is 24.9 Å². The summed E-state index contributed by atoms with van der Waals surface area (Å²) < 4.78 is 0. The van der Waals surface area contributed by atoms with Crippen molar-refractivity contribution in [1.29, 1.82) is 0 Å². The third-order valence-corrected chi connectivity index (χ3v) is 2.05. The molecule has 2 fully saturated rings. The molecule has 0 aromatic rings. The highest BCUT2D eigenvalue weighted by Crippen LogP contribution is 2.41. The highest BCUT2D eigenvalue weighted by Gasteiger charge is 2.51. The Hall–Kier alpha value is 0.210. The number of fused-ring (bicyclic) bond motifs is 1. The Morgan fingerprint density at radius 2 is 1.75 bits per heavy atom. The summed E-state index contributed by atoms with van der Waals surface area (Å²) >= 11 is 0. The fraction of sp³-hybridized carbons (Fsp3) is 1.00. The van der Waals surface area contributed by atoms with Crippen LogP contribution in [0.4, 0.5) is 0 Å². The number of hydrogen-bond donors (Lipinski definition) is 2. The first-order valence-electron chi connectivity index (χ1n) is 2.78. The van der Waals surface area contributed by atoms with Gasteiger partial charge in [-0.2, -0.15) is 0 Å². The minimum Gasteiger partial charge on any atom is -0.392 e. The van der Waals surface area contributed by atoms with Crippen molar-refractivity contribution in [2.24, 2.45) is 11.8 Å². The molecule has 48 valence electrons. The van der Waals surface area contributed by atoms with Gasteiger partial charge >= 0.3 is 0 Å². The molecule has 0 amide bonds. The molecule has 1 saturated heterocycles. The van der Waals surface area contributed by atoms with E-state index in [0.29, 0.717) is 11.8 Å². The third-order valence-electron chi connectivity index (χ3n) is 2.05. The van der Waals surface area contributed by atoms with Gasteiger partial charge in [-0.15, -0.1) is 12.4 Å². The molecule has 2 aliphatic rings. The van der Waals surface area contributed by atoms with Gasteiger partial charge in [-0.1, -0.05) is 0 Å². The molecule has 0 aromatic carbocycles. The van der Waals surface area contributed by atoms with Gasteiger partial charge in [-0.25, -0.2) is 0 Å². The largest absolute Gasteiger partial charge is 0.392 e. The SMILES string of the molecule is Cl.OC1C2CNCC12. The topological polar surface area (TPSA) is 32.3 Å². The lowest BCUT2D eigenvalue weighted by Crippen LogP contribution is -2.16. The Morgan fingerprint density at radius 1 is 1.25 bits per heavy atom. The van der Waals surface area contributed by atoms with Crippen LogP contribution in [-0.4, -0.2) is 24.3 Å². The standard InChI is InChI=1S/C5H9NO.ClH/c7-5-3-1-6-2-4(3)5;/h3-7H,1-2H2;1H. The quantitative estimate of drug-likeness (QED) is 0.475. The van der Waals surface area contributed by atoms with Gasteiger partial charge in [0.15, 0.2) is 0 Å². The summed E-state index contributed by atoms with van der Waals surface area (Å²) in [7, 11) is 0. The second-order valence-electron chi connectivity index (χ2n) is 2.48. The van der Waals surface area contributed by atoms with Crippen LogP contribution in [0.1, 0.15) is 0 Å². The minimum atomic E-state index is 0. The summed E-state index contributed by atoms with van der Waals surface area (Å²) in [5.74, 6) is 1.25. The van der Waals surface area contributed by atoms with Gasteiger partial charge in [0.05, 0.1) is 6.10 Å². The van der Waals surface area contributed by atoms with Gasteiger partial charge in [-0.05, 0) is 0 Å². The molecule has 1 saturated carbocycles. The predicted molar refractivity (Wildman–Crippen MR) is 33.1 cm³/mol. The first-order valence-corrected chi connectivity index (χ1v) is 2.78. The maximum atomic E-state index is 8.91. The lowest BCUT2D eigenvalue weighted by Gasteiger charge is -1.93. The molecule has 2 unspecified atom stereocenters. The first kappa shape index (κ1) is 6.33. The van der Waals surface area contributed by atoms with Crippen LogP contribution in [0.2, 0.25) is 0 Å². The number of rotatable bonds is 0. The molecule has 3 heteroatoms. The van der Waals surface area contributed by atoms with Crippen LogP contribution in [0, 0.1) is 11.8 Å². The minimum absolute atomic E-state index is 0. The van der Waals surface area contributed by atoms with Crippen LogP contribution < -0.4 is 5.32 Å². The van der Waals surface area contributed by atoms with Crippen LogP contribution >= 0.6 is 12.4 Å². The monoisotopic (exact) mass is 135 g/mol. The smallest absolute Gasteiger partial charge is 0.0629 e.